The third-order valence-corrected chi connectivity index (χ3v) is 3.07. The minimum absolute atomic E-state index is 0.230. The standard InChI is InChI=1S/C10H19NO3/c1-3-4-10(9(13)14-2)5-7(11)8(12)6-10/h7-8,12H,3-6,11H2,1-2H3/t7-,8-,10-/m0/s1. The Bertz CT molecular complexity index is 207. The molecule has 0 aromatic heterocycles. The Hall–Kier alpha value is -0.610. The van der Waals surface area contributed by atoms with E-state index in [9.17, 15) is 9.90 Å². The van der Waals surface area contributed by atoms with Gasteiger partial charge in [0.05, 0.1) is 18.6 Å². The van der Waals surface area contributed by atoms with E-state index < -0.39 is 11.5 Å². The summed E-state index contributed by atoms with van der Waals surface area (Å²) in [5.41, 5.74) is 5.18. The topological polar surface area (TPSA) is 72.5 Å². The van der Waals surface area contributed by atoms with Gasteiger partial charge in [0.15, 0.2) is 0 Å². The second-order valence-corrected chi connectivity index (χ2v) is 4.16. The summed E-state index contributed by atoms with van der Waals surface area (Å²) < 4.78 is 4.78. The Kier molecular flexibility index (Phi) is 3.50. The smallest absolute Gasteiger partial charge is 0.311 e. The van der Waals surface area contributed by atoms with Gasteiger partial charge in [-0.1, -0.05) is 13.3 Å². The molecule has 1 aliphatic carbocycles. The zero-order valence-corrected chi connectivity index (χ0v) is 8.82. The molecule has 1 saturated carbocycles. The van der Waals surface area contributed by atoms with Crippen LogP contribution >= 0.6 is 0 Å². The molecule has 0 aliphatic heterocycles. The highest BCUT2D eigenvalue weighted by atomic mass is 16.5. The van der Waals surface area contributed by atoms with Crippen molar-refractivity contribution in [3.8, 4) is 0 Å². The fraction of sp³-hybridized carbons (Fsp3) is 0.900. The highest BCUT2D eigenvalue weighted by Crippen LogP contribution is 2.42. The van der Waals surface area contributed by atoms with Gasteiger partial charge in [-0.15, -0.1) is 0 Å². The van der Waals surface area contributed by atoms with Gasteiger partial charge in [0.2, 0.25) is 0 Å². The minimum Gasteiger partial charge on any atom is -0.469 e. The molecule has 0 saturated heterocycles. The molecule has 0 bridgehead atoms. The first kappa shape index (κ1) is 11.5. The summed E-state index contributed by atoms with van der Waals surface area (Å²) in [6, 6.07) is -0.291. The van der Waals surface area contributed by atoms with Crippen LogP contribution < -0.4 is 5.73 Å². The summed E-state index contributed by atoms with van der Waals surface area (Å²) in [5, 5.41) is 9.57. The SMILES string of the molecule is CCC[C@]1(C(=O)OC)C[C@H](N)[C@@H](O)C1. The van der Waals surface area contributed by atoms with Gasteiger partial charge in [0, 0.05) is 6.04 Å². The highest BCUT2D eigenvalue weighted by Gasteiger charge is 2.48. The lowest BCUT2D eigenvalue weighted by atomic mass is 9.81. The molecular weight excluding hydrogens is 182 g/mol. The van der Waals surface area contributed by atoms with Crippen molar-refractivity contribution in [3.05, 3.63) is 0 Å². The Morgan fingerprint density at radius 3 is 2.64 bits per heavy atom. The molecule has 0 unspecified atom stereocenters. The lowest BCUT2D eigenvalue weighted by molar-refractivity contribution is -0.153. The fourth-order valence-electron chi connectivity index (χ4n) is 2.39. The molecular formula is C10H19NO3. The van der Waals surface area contributed by atoms with Crippen LogP contribution in [0, 0.1) is 5.41 Å². The normalized spacial score (nSPS) is 37.1. The van der Waals surface area contributed by atoms with Gasteiger partial charge >= 0.3 is 5.97 Å². The van der Waals surface area contributed by atoms with E-state index >= 15 is 0 Å². The first-order valence-electron chi connectivity index (χ1n) is 5.08. The van der Waals surface area contributed by atoms with E-state index in [1.807, 2.05) is 6.92 Å². The van der Waals surface area contributed by atoms with Gasteiger partial charge in [-0.3, -0.25) is 4.79 Å². The molecule has 3 N–H and O–H groups in total. The molecule has 0 spiro atoms. The predicted octanol–water partition coefficient (Wildman–Crippen LogP) is 0.428. The zero-order valence-electron chi connectivity index (χ0n) is 8.82. The summed E-state index contributed by atoms with van der Waals surface area (Å²) in [6.45, 7) is 2.01. The molecule has 4 nitrogen and oxygen atoms in total. The first-order valence-corrected chi connectivity index (χ1v) is 5.08. The van der Waals surface area contributed by atoms with Crippen molar-refractivity contribution in [2.75, 3.05) is 7.11 Å². The molecule has 0 amide bonds. The fourth-order valence-corrected chi connectivity index (χ4v) is 2.39. The summed E-state index contributed by atoms with van der Waals surface area (Å²) in [6.07, 6.45) is 2.04. The number of carbonyl (C=O) groups excluding carboxylic acids is 1. The van der Waals surface area contributed by atoms with Gasteiger partial charge in [-0.25, -0.2) is 0 Å². The number of hydrogen-bond acceptors (Lipinski definition) is 4. The summed E-state index contributed by atoms with van der Waals surface area (Å²) in [5.74, 6) is -0.230. The monoisotopic (exact) mass is 201 g/mol. The van der Waals surface area contributed by atoms with Crippen LogP contribution in [0.25, 0.3) is 0 Å². The average Bonchev–Trinajstić information content (AvgIpc) is 2.43. The van der Waals surface area contributed by atoms with Crippen LogP contribution in [0.3, 0.4) is 0 Å². The number of rotatable bonds is 3. The van der Waals surface area contributed by atoms with Crippen LogP contribution in [0.4, 0.5) is 0 Å². The largest absolute Gasteiger partial charge is 0.469 e. The van der Waals surface area contributed by atoms with E-state index in [1.165, 1.54) is 7.11 Å². The zero-order chi connectivity index (χ0) is 10.8. The minimum atomic E-state index is -0.569. The van der Waals surface area contributed by atoms with Crippen molar-refractivity contribution in [1.82, 2.24) is 0 Å². The van der Waals surface area contributed by atoms with Crippen LogP contribution in [0.2, 0.25) is 0 Å². The van der Waals surface area contributed by atoms with Crippen molar-refractivity contribution in [1.29, 1.82) is 0 Å². The molecule has 3 atom stereocenters. The molecule has 0 heterocycles. The molecule has 0 radical (unpaired) electrons. The van der Waals surface area contributed by atoms with Crippen LogP contribution in [0.15, 0.2) is 0 Å². The molecule has 4 heteroatoms. The number of hydrogen-bond donors (Lipinski definition) is 2. The maximum atomic E-state index is 11.6. The number of aliphatic hydroxyl groups is 1. The molecule has 0 aromatic rings. The number of ether oxygens (including phenoxy) is 1. The van der Waals surface area contributed by atoms with Gasteiger partial charge in [0.25, 0.3) is 0 Å². The average molecular weight is 201 g/mol. The van der Waals surface area contributed by atoms with Gasteiger partial charge in [-0.2, -0.15) is 0 Å². The van der Waals surface area contributed by atoms with Gasteiger partial charge in [0.1, 0.15) is 0 Å². The van der Waals surface area contributed by atoms with Crippen LogP contribution in [-0.2, 0) is 9.53 Å². The van der Waals surface area contributed by atoms with E-state index in [2.05, 4.69) is 0 Å². The van der Waals surface area contributed by atoms with Crippen molar-refractivity contribution < 1.29 is 14.6 Å². The van der Waals surface area contributed by atoms with Crippen LogP contribution in [0.5, 0.6) is 0 Å². The highest BCUT2D eigenvalue weighted by molar-refractivity contribution is 5.77. The van der Waals surface area contributed by atoms with Crippen LogP contribution in [0.1, 0.15) is 32.6 Å². The maximum absolute atomic E-state index is 11.6. The quantitative estimate of drug-likeness (QED) is 0.649. The number of aliphatic hydroxyl groups excluding tert-OH is 1. The van der Waals surface area contributed by atoms with E-state index in [4.69, 9.17) is 10.5 Å². The van der Waals surface area contributed by atoms with Crippen molar-refractivity contribution in [2.45, 2.75) is 44.8 Å². The molecule has 82 valence electrons. The van der Waals surface area contributed by atoms with Crippen molar-refractivity contribution in [2.24, 2.45) is 11.1 Å². The predicted molar refractivity (Wildman–Crippen MR) is 52.6 cm³/mol. The number of nitrogens with two attached hydrogens (primary N) is 1. The Balaban J connectivity index is 2.79. The molecule has 0 aromatic carbocycles. The molecule has 14 heavy (non-hydrogen) atoms. The number of carbonyl (C=O) groups is 1. The summed E-state index contributed by atoms with van der Waals surface area (Å²) in [4.78, 5) is 11.6. The van der Waals surface area contributed by atoms with E-state index in [0.29, 0.717) is 12.8 Å². The lowest BCUT2D eigenvalue weighted by Crippen LogP contribution is -2.31. The van der Waals surface area contributed by atoms with E-state index in [-0.39, 0.29) is 12.0 Å². The van der Waals surface area contributed by atoms with Crippen molar-refractivity contribution >= 4 is 5.97 Å². The van der Waals surface area contributed by atoms with E-state index in [1.54, 1.807) is 0 Å². The lowest BCUT2D eigenvalue weighted by Gasteiger charge is -2.25. The third kappa shape index (κ3) is 1.91. The Morgan fingerprint density at radius 1 is 1.64 bits per heavy atom. The Labute approximate surface area is 84.4 Å². The van der Waals surface area contributed by atoms with Gasteiger partial charge in [-0.05, 0) is 19.3 Å². The summed E-state index contributed by atoms with van der Waals surface area (Å²) in [7, 11) is 1.38. The van der Waals surface area contributed by atoms with Crippen molar-refractivity contribution in [3.63, 3.8) is 0 Å². The van der Waals surface area contributed by atoms with E-state index in [0.717, 1.165) is 12.8 Å². The third-order valence-electron chi connectivity index (χ3n) is 3.07. The molecule has 1 rings (SSSR count). The molecule has 1 aliphatic rings. The number of methoxy groups -OCH3 is 1. The summed E-state index contributed by atoms with van der Waals surface area (Å²) >= 11 is 0. The van der Waals surface area contributed by atoms with Gasteiger partial charge < -0.3 is 15.6 Å². The van der Waals surface area contributed by atoms with Crippen LogP contribution in [-0.4, -0.2) is 30.3 Å². The molecule has 1 fully saturated rings. The second kappa shape index (κ2) is 4.28. The first-order chi connectivity index (χ1) is 6.55. The number of esters is 1. The maximum Gasteiger partial charge on any atom is 0.311 e. The Morgan fingerprint density at radius 2 is 2.29 bits per heavy atom. The second-order valence-electron chi connectivity index (χ2n) is 4.16.